The normalized spacial score (nSPS) is 50.8. The van der Waals surface area contributed by atoms with Gasteiger partial charge in [0.15, 0.2) is 9.84 Å². The maximum Gasteiger partial charge on any atom is 0.154 e. The Hall–Kier alpha value is -0.310. The van der Waals surface area contributed by atoms with Crippen molar-refractivity contribution >= 4 is 9.84 Å². The predicted octanol–water partition coefficient (Wildman–Crippen LogP) is 1.39. The molecular formula is C10H14O2S. The first kappa shape index (κ1) is 8.04. The minimum Gasteiger partial charge on any atom is -0.229 e. The summed E-state index contributed by atoms with van der Waals surface area (Å²) >= 11 is 0. The molecule has 4 atom stereocenters. The molecule has 2 fully saturated rings. The Morgan fingerprint density at radius 1 is 1.00 bits per heavy atom. The van der Waals surface area contributed by atoms with Crippen molar-refractivity contribution in [3.05, 3.63) is 12.2 Å². The number of fused-ring (bicyclic) bond motifs is 1. The third-order valence-corrected chi connectivity index (χ3v) is 6.32. The van der Waals surface area contributed by atoms with Crippen LogP contribution in [-0.4, -0.2) is 19.4 Å². The van der Waals surface area contributed by atoms with Crippen LogP contribution in [0.5, 0.6) is 0 Å². The fourth-order valence-corrected chi connectivity index (χ4v) is 5.90. The molecule has 3 aliphatic carbocycles. The van der Waals surface area contributed by atoms with Crippen LogP contribution >= 0.6 is 0 Å². The summed E-state index contributed by atoms with van der Waals surface area (Å²) in [5, 5.41) is -0.00347. The smallest absolute Gasteiger partial charge is 0.154 e. The van der Waals surface area contributed by atoms with E-state index in [0.717, 1.165) is 12.8 Å². The van der Waals surface area contributed by atoms with Gasteiger partial charge in [0.2, 0.25) is 0 Å². The van der Waals surface area contributed by atoms with Gasteiger partial charge in [-0.1, -0.05) is 12.2 Å². The van der Waals surface area contributed by atoms with Crippen molar-refractivity contribution in [3.8, 4) is 0 Å². The monoisotopic (exact) mass is 198 g/mol. The SMILES string of the molecule is O=S1(=O)CCC2C3C=CC(CC3)C21. The second-order valence-electron chi connectivity index (χ2n) is 4.57. The van der Waals surface area contributed by atoms with Crippen molar-refractivity contribution in [2.45, 2.75) is 24.5 Å². The summed E-state index contributed by atoms with van der Waals surface area (Å²) in [5.74, 6) is 1.83. The lowest BCUT2D eigenvalue weighted by atomic mass is 9.68. The summed E-state index contributed by atoms with van der Waals surface area (Å²) in [6, 6.07) is 0. The predicted molar refractivity (Wildman–Crippen MR) is 51.0 cm³/mol. The average Bonchev–Trinajstić information content (AvgIpc) is 2.47. The van der Waals surface area contributed by atoms with Crippen LogP contribution in [0.2, 0.25) is 0 Å². The summed E-state index contributed by atoms with van der Waals surface area (Å²) in [4.78, 5) is 0. The van der Waals surface area contributed by atoms with E-state index in [2.05, 4.69) is 12.2 Å². The molecule has 1 saturated carbocycles. The van der Waals surface area contributed by atoms with E-state index >= 15 is 0 Å². The molecule has 0 spiro atoms. The van der Waals surface area contributed by atoms with Crippen molar-refractivity contribution in [3.63, 3.8) is 0 Å². The number of sulfone groups is 1. The number of hydrogen-bond acceptors (Lipinski definition) is 2. The van der Waals surface area contributed by atoms with Gasteiger partial charge in [-0.05, 0) is 37.0 Å². The molecule has 72 valence electrons. The number of rotatable bonds is 0. The quantitative estimate of drug-likeness (QED) is 0.551. The Morgan fingerprint density at radius 2 is 1.69 bits per heavy atom. The van der Waals surface area contributed by atoms with Crippen molar-refractivity contribution in [2.75, 3.05) is 5.75 Å². The molecule has 4 aliphatic rings. The number of allylic oxidation sites excluding steroid dienone is 2. The first-order valence-electron chi connectivity index (χ1n) is 5.08. The van der Waals surface area contributed by atoms with Gasteiger partial charge < -0.3 is 0 Å². The van der Waals surface area contributed by atoms with E-state index in [-0.39, 0.29) is 5.25 Å². The molecule has 1 saturated heterocycles. The van der Waals surface area contributed by atoms with Gasteiger partial charge in [-0.15, -0.1) is 0 Å². The Kier molecular flexibility index (Phi) is 1.47. The van der Waals surface area contributed by atoms with Gasteiger partial charge in [-0.2, -0.15) is 0 Å². The van der Waals surface area contributed by atoms with Gasteiger partial charge in [-0.25, -0.2) is 8.42 Å². The second-order valence-corrected chi connectivity index (χ2v) is 6.85. The lowest BCUT2D eigenvalue weighted by Crippen LogP contribution is -2.40. The van der Waals surface area contributed by atoms with Crippen molar-refractivity contribution in [1.29, 1.82) is 0 Å². The first-order chi connectivity index (χ1) is 6.18. The van der Waals surface area contributed by atoms with Crippen molar-refractivity contribution < 1.29 is 8.42 Å². The molecule has 0 aromatic carbocycles. The molecule has 1 aliphatic heterocycles. The molecule has 3 heteroatoms. The highest BCUT2D eigenvalue weighted by Gasteiger charge is 2.51. The fourth-order valence-electron chi connectivity index (χ4n) is 3.40. The summed E-state index contributed by atoms with van der Waals surface area (Å²) < 4.78 is 23.5. The molecule has 0 N–H and O–H groups in total. The molecule has 0 aromatic heterocycles. The van der Waals surface area contributed by atoms with Crippen LogP contribution in [0.15, 0.2) is 12.2 Å². The molecule has 1 heterocycles. The maximum atomic E-state index is 11.8. The van der Waals surface area contributed by atoms with Gasteiger partial charge in [0.05, 0.1) is 11.0 Å². The van der Waals surface area contributed by atoms with E-state index in [4.69, 9.17) is 0 Å². The van der Waals surface area contributed by atoms with E-state index in [1.807, 2.05) is 0 Å². The van der Waals surface area contributed by atoms with Crippen LogP contribution in [0.25, 0.3) is 0 Å². The Bertz CT molecular complexity index is 355. The van der Waals surface area contributed by atoms with Gasteiger partial charge in [0.1, 0.15) is 0 Å². The lowest BCUT2D eigenvalue weighted by Gasteiger charge is -2.40. The molecule has 0 amide bonds. The van der Waals surface area contributed by atoms with Gasteiger partial charge in [0.25, 0.3) is 0 Å². The third-order valence-electron chi connectivity index (χ3n) is 3.98. The largest absolute Gasteiger partial charge is 0.229 e. The molecule has 0 radical (unpaired) electrons. The van der Waals surface area contributed by atoms with E-state index in [9.17, 15) is 8.42 Å². The molecule has 2 nitrogen and oxygen atoms in total. The van der Waals surface area contributed by atoms with Crippen molar-refractivity contribution in [1.82, 2.24) is 0 Å². The Labute approximate surface area is 78.9 Å². The van der Waals surface area contributed by atoms with Gasteiger partial charge >= 0.3 is 0 Å². The van der Waals surface area contributed by atoms with E-state index in [1.165, 1.54) is 6.42 Å². The zero-order valence-corrected chi connectivity index (χ0v) is 8.33. The molecule has 4 unspecified atom stereocenters. The molecule has 0 aromatic rings. The lowest BCUT2D eigenvalue weighted by molar-refractivity contribution is 0.234. The maximum absolute atomic E-state index is 11.8. The minimum absolute atomic E-state index is 0.00347. The standard InChI is InChI=1S/C10H14O2S/c11-13(12)6-5-9-7-1-3-8(4-2-7)10(9)13/h1,3,7-10H,2,4-6H2. The summed E-state index contributed by atoms with van der Waals surface area (Å²) in [6.07, 6.45) is 7.65. The average molecular weight is 198 g/mol. The topological polar surface area (TPSA) is 34.1 Å². The number of hydrogen-bond donors (Lipinski definition) is 0. The highest BCUT2D eigenvalue weighted by Crippen LogP contribution is 2.49. The molecule has 13 heavy (non-hydrogen) atoms. The van der Waals surface area contributed by atoms with E-state index < -0.39 is 9.84 Å². The van der Waals surface area contributed by atoms with E-state index in [1.54, 1.807) is 0 Å². The van der Waals surface area contributed by atoms with Crippen LogP contribution in [0.1, 0.15) is 19.3 Å². The minimum atomic E-state index is -2.73. The summed E-state index contributed by atoms with van der Waals surface area (Å²) in [5.41, 5.74) is 0. The Morgan fingerprint density at radius 3 is 2.31 bits per heavy atom. The zero-order valence-electron chi connectivity index (χ0n) is 7.52. The van der Waals surface area contributed by atoms with Crippen LogP contribution in [0.3, 0.4) is 0 Å². The van der Waals surface area contributed by atoms with Gasteiger partial charge in [-0.3, -0.25) is 0 Å². The molecule has 2 bridgehead atoms. The van der Waals surface area contributed by atoms with Crippen LogP contribution in [-0.2, 0) is 9.84 Å². The molecule has 4 rings (SSSR count). The highest BCUT2D eigenvalue weighted by molar-refractivity contribution is 7.92. The summed E-state index contributed by atoms with van der Waals surface area (Å²) in [6.45, 7) is 0. The first-order valence-corrected chi connectivity index (χ1v) is 6.80. The second kappa shape index (κ2) is 2.38. The van der Waals surface area contributed by atoms with Crippen molar-refractivity contribution in [2.24, 2.45) is 17.8 Å². The fraction of sp³-hybridized carbons (Fsp3) is 0.800. The van der Waals surface area contributed by atoms with Crippen LogP contribution in [0.4, 0.5) is 0 Å². The molecular weight excluding hydrogens is 184 g/mol. The Balaban J connectivity index is 2.09. The zero-order chi connectivity index (χ0) is 9.05. The van der Waals surface area contributed by atoms with Crippen LogP contribution < -0.4 is 0 Å². The highest BCUT2D eigenvalue weighted by atomic mass is 32.2. The summed E-state index contributed by atoms with van der Waals surface area (Å²) in [7, 11) is -2.73. The van der Waals surface area contributed by atoms with E-state index in [0.29, 0.717) is 23.5 Å². The third kappa shape index (κ3) is 0.967. The van der Waals surface area contributed by atoms with Crippen LogP contribution in [0, 0.1) is 17.8 Å². The van der Waals surface area contributed by atoms with Gasteiger partial charge in [0, 0.05) is 0 Å².